The minimum atomic E-state index is -2.15. The fourth-order valence-corrected chi connectivity index (χ4v) is 7.23. The van der Waals surface area contributed by atoms with E-state index in [-0.39, 0.29) is 17.3 Å². The molecule has 2 amide bonds. The van der Waals surface area contributed by atoms with Crippen molar-refractivity contribution in [3.05, 3.63) is 130 Å². The van der Waals surface area contributed by atoms with Crippen molar-refractivity contribution < 1.29 is 19.2 Å². The quantitative estimate of drug-likeness (QED) is 0.0663. The molecule has 0 fully saturated rings. The summed E-state index contributed by atoms with van der Waals surface area (Å²) < 4.78 is 0. The highest BCUT2D eigenvalue weighted by Crippen LogP contribution is 2.41. The van der Waals surface area contributed by atoms with E-state index in [1.807, 2.05) is 76.2 Å². The predicted octanol–water partition coefficient (Wildman–Crippen LogP) is 6.77. The topological polar surface area (TPSA) is 171 Å². The summed E-state index contributed by atoms with van der Waals surface area (Å²) in [6, 6.07) is 27.6. The number of primary amides is 1. The monoisotopic (exact) mass is 738 g/mol. The van der Waals surface area contributed by atoms with Crippen molar-refractivity contribution >= 4 is 46.2 Å². The first-order chi connectivity index (χ1) is 26.0. The van der Waals surface area contributed by atoms with Gasteiger partial charge in [0.1, 0.15) is 0 Å². The number of Topliss-reactive ketones (excluding diaryl/α,β-unsaturated/α-hetero) is 2. The number of nitrogens with two attached hydrogens (primary N) is 1. The summed E-state index contributed by atoms with van der Waals surface area (Å²) in [5, 5.41) is 17.5. The van der Waals surface area contributed by atoms with Gasteiger partial charge in [0, 0.05) is 29.3 Å². The average molecular weight is 739 g/mol. The largest absolute Gasteiger partial charge is 0.366 e. The third-order valence-electron chi connectivity index (χ3n) is 10.0. The van der Waals surface area contributed by atoms with Gasteiger partial charge in [-0.2, -0.15) is 10.2 Å². The SMILES string of the molecule is CC(=O)c1ccc(N=NC(C(N)=O)(C2NC(C)(C)Cc3ccccc32)N(C)C(=O)C(=NNc2ccc(C(C)=O)cc2)C2=NC(C)(C)Cc3ccccc32)cc1. The number of hydrogen-bond acceptors (Lipinski definition) is 10. The molecule has 12 nitrogen and oxygen atoms in total. The smallest absolute Gasteiger partial charge is 0.278 e. The van der Waals surface area contributed by atoms with Crippen LogP contribution in [-0.2, 0) is 22.4 Å². The maximum absolute atomic E-state index is 15.4. The number of azo groups is 1. The fraction of sp³-hybridized carbons (Fsp3) is 0.302. The highest BCUT2D eigenvalue weighted by atomic mass is 16.2. The van der Waals surface area contributed by atoms with Crippen LogP contribution in [0.3, 0.4) is 0 Å². The van der Waals surface area contributed by atoms with E-state index in [0.29, 0.717) is 41.1 Å². The Kier molecular flexibility index (Phi) is 10.5. The van der Waals surface area contributed by atoms with Gasteiger partial charge in [-0.1, -0.05) is 48.5 Å². The van der Waals surface area contributed by atoms with E-state index in [1.165, 1.54) is 25.8 Å². The lowest BCUT2D eigenvalue weighted by Gasteiger charge is -2.47. The number of ketones is 2. The number of nitrogens with zero attached hydrogens (tertiary/aromatic N) is 5. The Morgan fingerprint density at radius 3 is 2.02 bits per heavy atom. The van der Waals surface area contributed by atoms with Crippen LogP contribution in [-0.4, -0.2) is 63.5 Å². The van der Waals surface area contributed by atoms with Crippen LogP contribution >= 0.6 is 0 Å². The van der Waals surface area contributed by atoms with E-state index < -0.39 is 34.6 Å². The zero-order chi connectivity index (χ0) is 39.7. The van der Waals surface area contributed by atoms with Crippen LogP contribution in [0.25, 0.3) is 0 Å². The zero-order valence-electron chi connectivity index (χ0n) is 32.2. The Bertz CT molecular complexity index is 2260. The van der Waals surface area contributed by atoms with Crippen LogP contribution < -0.4 is 16.5 Å². The van der Waals surface area contributed by atoms with Crippen molar-refractivity contribution in [1.29, 1.82) is 0 Å². The number of carbonyl (C=O) groups is 4. The van der Waals surface area contributed by atoms with E-state index in [9.17, 15) is 14.4 Å². The number of carbonyl (C=O) groups excluding carboxylic acids is 4. The zero-order valence-corrected chi connectivity index (χ0v) is 32.2. The molecule has 4 aromatic rings. The van der Waals surface area contributed by atoms with E-state index in [0.717, 1.165) is 22.3 Å². The van der Waals surface area contributed by atoms with E-state index in [2.05, 4.69) is 15.9 Å². The number of benzene rings is 4. The number of rotatable bonds is 11. The summed E-state index contributed by atoms with van der Waals surface area (Å²) in [5.74, 6) is -1.84. The molecule has 4 N–H and O–H groups in total. The predicted molar refractivity (Wildman–Crippen MR) is 214 cm³/mol. The van der Waals surface area contributed by atoms with Gasteiger partial charge in [0.05, 0.1) is 28.7 Å². The van der Waals surface area contributed by atoms with Gasteiger partial charge in [0.25, 0.3) is 17.5 Å². The molecule has 4 aromatic carbocycles. The minimum absolute atomic E-state index is 0.0873. The second kappa shape index (κ2) is 14.9. The molecule has 0 radical (unpaired) electrons. The molecular weight excluding hydrogens is 693 g/mol. The van der Waals surface area contributed by atoms with Gasteiger partial charge in [-0.25, -0.2) is 0 Å². The fourth-order valence-electron chi connectivity index (χ4n) is 7.23. The Labute approximate surface area is 321 Å². The van der Waals surface area contributed by atoms with Crippen LogP contribution in [0.4, 0.5) is 11.4 Å². The van der Waals surface area contributed by atoms with Gasteiger partial charge in [-0.15, -0.1) is 5.11 Å². The van der Waals surface area contributed by atoms with Crippen molar-refractivity contribution in [2.75, 3.05) is 12.5 Å². The van der Waals surface area contributed by atoms with Gasteiger partial charge in [0.15, 0.2) is 17.3 Å². The van der Waals surface area contributed by atoms with E-state index >= 15 is 4.79 Å². The molecule has 282 valence electrons. The van der Waals surface area contributed by atoms with Gasteiger partial charge >= 0.3 is 0 Å². The van der Waals surface area contributed by atoms with E-state index in [1.54, 1.807) is 48.5 Å². The van der Waals surface area contributed by atoms with Crippen LogP contribution in [0.2, 0.25) is 0 Å². The number of aliphatic imine (C=N–C) groups is 1. The number of anilines is 1. The Hall–Kier alpha value is -6.14. The van der Waals surface area contributed by atoms with Crippen LogP contribution in [0, 0.1) is 0 Å². The van der Waals surface area contributed by atoms with Gasteiger partial charge in [-0.3, -0.25) is 29.6 Å². The normalized spacial score (nSPS) is 18.3. The maximum Gasteiger partial charge on any atom is 0.278 e. The highest BCUT2D eigenvalue weighted by Gasteiger charge is 2.56. The first kappa shape index (κ1) is 38.6. The summed E-state index contributed by atoms with van der Waals surface area (Å²) in [6.07, 6.45) is 1.27. The van der Waals surface area contributed by atoms with Gasteiger partial charge in [0.2, 0.25) is 0 Å². The number of hydrazone groups is 1. The molecule has 0 aliphatic carbocycles. The lowest BCUT2D eigenvalue weighted by atomic mass is 9.78. The molecule has 2 unspecified atom stereocenters. The summed E-state index contributed by atoms with van der Waals surface area (Å²) >= 11 is 0. The van der Waals surface area contributed by atoms with Crippen LogP contribution in [0.15, 0.2) is 117 Å². The Morgan fingerprint density at radius 2 is 1.40 bits per heavy atom. The third kappa shape index (κ3) is 7.90. The van der Waals surface area contributed by atoms with Crippen molar-refractivity contribution in [3.63, 3.8) is 0 Å². The molecular formula is C43H46N8O4. The second-order valence-electron chi connectivity index (χ2n) is 15.4. The number of hydrogen-bond donors (Lipinski definition) is 3. The van der Waals surface area contributed by atoms with Crippen molar-refractivity contribution in [1.82, 2.24) is 10.2 Å². The lowest BCUT2D eigenvalue weighted by Crippen LogP contribution is -2.67. The molecule has 2 aliphatic rings. The Morgan fingerprint density at radius 1 is 0.818 bits per heavy atom. The molecule has 55 heavy (non-hydrogen) atoms. The number of amides is 2. The molecule has 12 heteroatoms. The average Bonchev–Trinajstić information content (AvgIpc) is 3.14. The molecule has 2 atom stereocenters. The lowest BCUT2D eigenvalue weighted by molar-refractivity contribution is -0.143. The first-order valence-electron chi connectivity index (χ1n) is 18.1. The standard InChI is InChI=1S/C43H46N8O4/c1-26(52)28-16-20-32(21-17-28)47-49-37(36-34-14-10-8-12-30(34)24-41(3,4)45-36)39(54)51(7)43(40(44)55,50-48-33-22-18-29(19-23-33)27(2)53)38-35-15-11-9-13-31(35)25-42(5,6)46-38/h8-23,38,46-47H,24-25H2,1-7H3,(H2,44,55). The van der Waals surface area contributed by atoms with Gasteiger partial charge in [-0.05, 0) is 120 Å². The summed E-state index contributed by atoms with van der Waals surface area (Å²) in [6.45, 7) is 10.9. The molecule has 0 aromatic heterocycles. The molecule has 0 bridgehead atoms. The number of nitrogens with one attached hydrogen (secondary N) is 2. The second-order valence-corrected chi connectivity index (χ2v) is 15.4. The molecule has 2 aliphatic heterocycles. The summed E-state index contributed by atoms with van der Waals surface area (Å²) in [4.78, 5) is 59.9. The van der Waals surface area contributed by atoms with Crippen molar-refractivity contribution in [3.8, 4) is 0 Å². The maximum atomic E-state index is 15.4. The minimum Gasteiger partial charge on any atom is -0.366 e. The molecule has 0 saturated heterocycles. The van der Waals surface area contributed by atoms with E-state index in [4.69, 9.17) is 20.9 Å². The van der Waals surface area contributed by atoms with Crippen molar-refractivity contribution in [2.24, 2.45) is 26.1 Å². The summed E-state index contributed by atoms with van der Waals surface area (Å²) in [5.41, 5.74) is 11.6. The van der Waals surface area contributed by atoms with Crippen LogP contribution in [0.5, 0.6) is 0 Å². The summed E-state index contributed by atoms with van der Waals surface area (Å²) in [7, 11) is 1.47. The third-order valence-corrected chi connectivity index (χ3v) is 10.0. The highest BCUT2D eigenvalue weighted by molar-refractivity contribution is 6.70. The Balaban J connectivity index is 1.55. The molecule has 0 spiro atoms. The molecule has 2 heterocycles. The van der Waals surface area contributed by atoms with Gasteiger partial charge < -0.3 is 16.0 Å². The van der Waals surface area contributed by atoms with Crippen LogP contribution in [0.1, 0.15) is 90.6 Å². The number of likely N-dealkylation sites (N-methyl/N-ethyl adjacent to an activating group) is 1. The first-order valence-corrected chi connectivity index (χ1v) is 18.1. The number of fused-ring (bicyclic) bond motifs is 2. The molecule has 6 rings (SSSR count). The molecule has 0 saturated carbocycles. The van der Waals surface area contributed by atoms with Crippen molar-refractivity contribution in [2.45, 2.75) is 77.2 Å².